The minimum Gasteiger partial charge on any atom is -0.246 e. The van der Waals surface area contributed by atoms with Gasteiger partial charge in [-0.05, 0) is 20.3 Å². The molecule has 10 heavy (non-hydrogen) atoms. The molecular formula is C8H14N2. The van der Waals surface area contributed by atoms with Crippen molar-refractivity contribution in [1.82, 2.24) is 0 Å². The molecule has 0 atom stereocenters. The van der Waals surface area contributed by atoms with E-state index in [9.17, 15) is 0 Å². The third kappa shape index (κ3) is 5.22. The minimum atomic E-state index is 0.785. The van der Waals surface area contributed by atoms with Crippen LogP contribution in [-0.2, 0) is 0 Å². The predicted molar refractivity (Wildman–Crippen MR) is 46.7 cm³/mol. The molecule has 0 radical (unpaired) electrons. The molecule has 0 spiro atoms. The minimum absolute atomic E-state index is 0.785. The first kappa shape index (κ1) is 9.08. The molecule has 0 aliphatic carbocycles. The average molecular weight is 138 g/mol. The molecule has 0 heterocycles. The number of rotatable bonds is 3. The van der Waals surface area contributed by atoms with Crippen LogP contribution in [0, 0.1) is 0 Å². The van der Waals surface area contributed by atoms with Gasteiger partial charge in [0.2, 0.25) is 0 Å². The maximum Gasteiger partial charge on any atom is 0.115 e. The Morgan fingerprint density at radius 2 is 2.10 bits per heavy atom. The Labute approximate surface area is 62.4 Å². The van der Waals surface area contributed by atoms with E-state index in [4.69, 9.17) is 0 Å². The lowest BCUT2D eigenvalue weighted by Crippen LogP contribution is -1.86. The number of nitrogens with zero attached hydrogens (tertiary/aromatic N) is 2. The molecule has 0 aliphatic heterocycles. The third-order valence-corrected chi connectivity index (χ3v) is 1.07. The highest BCUT2D eigenvalue weighted by Gasteiger charge is 1.79. The molecule has 0 N–H and O–H groups in total. The maximum atomic E-state index is 4.05. The van der Waals surface area contributed by atoms with E-state index in [2.05, 4.69) is 23.5 Å². The molecule has 0 aromatic heterocycles. The van der Waals surface area contributed by atoms with E-state index in [0.717, 1.165) is 17.8 Å². The van der Waals surface area contributed by atoms with Crippen LogP contribution in [0.2, 0.25) is 0 Å². The summed E-state index contributed by atoms with van der Waals surface area (Å²) in [7, 11) is 0. The van der Waals surface area contributed by atoms with Crippen LogP contribution in [0.4, 0.5) is 0 Å². The summed E-state index contributed by atoms with van der Waals surface area (Å²) in [4.78, 5) is 7.95. The highest BCUT2D eigenvalue weighted by molar-refractivity contribution is 5.88. The second kappa shape index (κ2) is 4.91. The molecule has 0 rings (SSSR count). The van der Waals surface area contributed by atoms with Crippen LogP contribution in [0.25, 0.3) is 0 Å². The standard InChI is InChI=1S/C8H14N2/c1-5-8(4)10-6-9-7(2)3/h6H,2,5H2,1,3-4H3. The van der Waals surface area contributed by atoms with Crippen LogP contribution < -0.4 is 0 Å². The van der Waals surface area contributed by atoms with Gasteiger partial charge in [-0.25, -0.2) is 9.98 Å². The summed E-state index contributed by atoms with van der Waals surface area (Å²) < 4.78 is 0. The Kier molecular flexibility index (Phi) is 4.46. The lowest BCUT2D eigenvalue weighted by atomic mass is 10.3. The summed E-state index contributed by atoms with van der Waals surface area (Å²) in [5.41, 5.74) is 1.87. The molecule has 2 heteroatoms. The fraction of sp³-hybridized carbons (Fsp3) is 0.500. The van der Waals surface area contributed by atoms with Gasteiger partial charge in [-0.2, -0.15) is 0 Å². The number of aliphatic imine (C=N–C) groups is 2. The maximum absolute atomic E-state index is 4.05. The number of hydrogen-bond acceptors (Lipinski definition) is 1. The first-order valence-electron chi connectivity index (χ1n) is 3.38. The summed E-state index contributed by atoms with van der Waals surface area (Å²) in [6.45, 7) is 9.49. The van der Waals surface area contributed by atoms with Crippen LogP contribution in [0.1, 0.15) is 27.2 Å². The van der Waals surface area contributed by atoms with Gasteiger partial charge in [0.05, 0.1) is 0 Å². The molecule has 0 unspecified atom stereocenters. The van der Waals surface area contributed by atoms with Crippen molar-refractivity contribution in [2.24, 2.45) is 9.98 Å². The SMILES string of the molecule is C=C(C)N=CN=C(C)CC. The van der Waals surface area contributed by atoms with Gasteiger partial charge in [-0.3, -0.25) is 0 Å². The Bertz CT molecular complexity index is 166. The highest BCUT2D eigenvalue weighted by atomic mass is 14.9. The van der Waals surface area contributed by atoms with E-state index in [0.29, 0.717) is 0 Å². The molecule has 56 valence electrons. The van der Waals surface area contributed by atoms with Gasteiger partial charge in [0.15, 0.2) is 0 Å². The van der Waals surface area contributed by atoms with Gasteiger partial charge in [0.1, 0.15) is 6.34 Å². The van der Waals surface area contributed by atoms with Crippen molar-refractivity contribution in [3.63, 3.8) is 0 Å². The molecule has 0 bridgehead atoms. The monoisotopic (exact) mass is 138 g/mol. The van der Waals surface area contributed by atoms with E-state index in [-0.39, 0.29) is 0 Å². The molecule has 0 aliphatic rings. The van der Waals surface area contributed by atoms with E-state index < -0.39 is 0 Å². The average Bonchev–Trinajstić information content (AvgIpc) is 1.87. The van der Waals surface area contributed by atoms with Gasteiger partial charge in [-0.15, -0.1) is 0 Å². The number of hydrogen-bond donors (Lipinski definition) is 0. The van der Waals surface area contributed by atoms with Gasteiger partial charge in [0, 0.05) is 11.4 Å². The quantitative estimate of drug-likeness (QED) is 0.422. The first-order valence-corrected chi connectivity index (χ1v) is 3.38. The van der Waals surface area contributed by atoms with Gasteiger partial charge < -0.3 is 0 Å². The van der Waals surface area contributed by atoms with Crippen molar-refractivity contribution in [1.29, 1.82) is 0 Å². The van der Waals surface area contributed by atoms with Crippen molar-refractivity contribution in [3.8, 4) is 0 Å². The van der Waals surface area contributed by atoms with E-state index in [1.807, 2.05) is 13.8 Å². The van der Waals surface area contributed by atoms with Crippen LogP contribution in [0.3, 0.4) is 0 Å². The van der Waals surface area contributed by atoms with E-state index >= 15 is 0 Å². The van der Waals surface area contributed by atoms with Crippen molar-refractivity contribution in [3.05, 3.63) is 12.3 Å². The smallest absolute Gasteiger partial charge is 0.115 e. The largest absolute Gasteiger partial charge is 0.246 e. The third-order valence-electron chi connectivity index (χ3n) is 1.07. The Morgan fingerprint density at radius 1 is 1.50 bits per heavy atom. The molecule has 0 aromatic carbocycles. The highest BCUT2D eigenvalue weighted by Crippen LogP contribution is 1.87. The van der Waals surface area contributed by atoms with E-state index in [1.165, 1.54) is 0 Å². The van der Waals surface area contributed by atoms with Gasteiger partial charge in [-0.1, -0.05) is 13.5 Å². The van der Waals surface area contributed by atoms with Gasteiger partial charge >= 0.3 is 0 Å². The second-order valence-corrected chi connectivity index (χ2v) is 2.20. The topological polar surface area (TPSA) is 24.7 Å². The molecule has 0 saturated heterocycles. The zero-order valence-electron chi connectivity index (χ0n) is 6.89. The summed E-state index contributed by atoms with van der Waals surface area (Å²) in [5.74, 6) is 0. The second-order valence-electron chi connectivity index (χ2n) is 2.20. The van der Waals surface area contributed by atoms with Crippen LogP contribution in [0.15, 0.2) is 22.3 Å². The van der Waals surface area contributed by atoms with Crippen LogP contribution in [-0.4, -0.2) is 12.1 Å². The Hall–Kier alpha value is -0.920. The number of allylic oxidation sites excluding steroid dienone is 1. The lowest BCUT2D eigenvalue weighted by molar-refractivity contribution is 1.26. The van der Waals surface area contributed by atoms with Crippen LogP contribution >= 0.6 is 0 Å². The summed E-state index contributed by atoms with van der Waals surface area (Å²) >= 11 is 0. The van der Waals surface area contributed by atoms with Crippen molar-refractivity contribution >= 4 is 12.1 Å². The molecule has 0 aromatic rings. The fourth-order valence-corrected chi connectivity index (χ4v) is 0.317. The Balaban J connectivity index is 3.82. The summed E-state index contributed by atoms with van der Waals surface area (Å²) in [6, 6.07) is 0. The molecular weight excluding hydrogens is 124 g/mol. The zero-order valence-corrected chi connectivity index (χ0v) is 6.89. The van der Waals surface area contributed by atoms with Crippen molar-refractivity contribution in [2.45, 2.75) is 27.2 Å². The van der Waals surface area contributed by atoms with E-state index in [1.54, 1.807) is 6.34 Å². The normalized spacial score (nSPS) is 12.5. The lowest BCUT2D eigenvalue weighted by Gasteiger charge is -1.87. The molecule has 2 nitrogen and oxygen atoms in total. The van der Waals surface area contributed by atoms with Crippen molar-refractivity contribution < 1.29 is 0 Å². The van der Waals surface area contributed by atoms with Gasteiger partial charge in [0.25, 0.3) is 0 Å². The fourth-order valence-electron chi connectivity index (χ4n) is 0.317. The van der Waals surface area contributed by atoms with Crippen LogP contribution in [0.5, 0.6) is 0 Å². The molecule has 0 amide bonds. The summed E-state index contributed by atoms with van der Waals surface area (Å²) in [5, 5.41) is 0. The van der Waals surface area contributed by atoms with Crippen molar-refractivity contribution in [2.75, 3.05) is 0 Å². The molecule has 0 fully saturated rings. The molecule has 0 saturated carbocycles. The first-order chi connectivity index (χ1) is 4.66. The zero-order chi connectivity index (χ0) is 7.98. The predicted octanol–water partition coefficient (Wildman–Crippen LogP) is 2.42. The Morgan fingerprint density at radius 3 is 2.50 bits per heavy atom. The summed E-state index contributed by atoms with van der Waals surface area (Å²) in [6.07, 6.45) is 2.52.